The fourth-order valence-electron chi connectivity index (χ4n) is 3.03. The summed E-state index contributed by atoms with van der Waals surface area (Å²) >= 11 is 0. The number of nitrogens with one attached hydrogen (secondary N) is 2. The topological polar surface area (TPSA) is 92.2 Å². The second-order valence-corrected chi connectivity index (χ2v) is 7.07. The van der Waals surface area contributed by atoms with Gasteiger partial charge in [-0.15, -0.1) is 0 Å². The molecule has 0 radical (unpaired) electrons. The standard InChI is InChI=1S/C22H29N3O4/c1-5-23-21(24-14-22(4,26)19-11-8-12-28-19)25-15(3)18-13-16-9-7-10-17(27-6-2)20(16)29-18/h7-13,15,26H,5-6,14H2,1-4H3,(H2,23,24,25). The molecule has 0 spiro atoms. The van der Waals surface area contributed by atoms with E-state index in [0.29, 0.717) is 24.9 Å². The number of rotatable bonds is 8. The van der Waals surface area contributed by atoms with E-state index in [0.717, 1.165) is 22.5 Å². The third kappa shape index (κ3) is 4.92. The number of fused-ring (bicyclic) bond motifs is 1. The van der Waals surface area contributed by atoms with Crippen LogP contribution in [0.1, 0.15) is 45.3 Å². The maximum atomic E-state index is 10.6. The van der Waals surface area contributed by atoms with Crippen molar-refractivity contribution in [1.29, 1.82) is 0 Å². The van der Waals surface area contributed by atoms with Crippen LogP contribution < -0.4 is 15.4 Å². The van der Waals surface area contributed by atoms with Crippen molar-refractivity contribution in [3.8, 4) is 5.75 Å². The van der Waals surface area contributed by atoms with Gasteiger partial charge >= 0.3 is 0 Å². The van der Waals surface area contributed by atoms with Gasteiger partial charge in [0.15, 0.2) is 17.3 Å². The molecule has 0 saturated heterocycles. The van der Waals surface area contributed by atoms with E-state index in [4.69, 9.17) is 13.6 Å². The fourth-order valence-corrected chi connectivity index (χ4v) is 3.03. The number of aliphatic imine (C=N–C) groups is 1. The smallest absolute Gasteiger partial charge is 0.191 e. The van der Waals surface area contributed by atoms with Crippen LogP contribution in [0.25, 0.3) is 11.0 Å². The van der Waals surface area contributed by atoms with Crippen LogP contribution in [0.3, 0.4) is 0 Å². The Bertz CT molecular complexity index is 944. The first-order chi connectivity index (χ1) is 13.9. The maximum Gasteiger partial charge on any atom is 0.191 e. The summed E-state index contributed by atoms with van der Waals surface area (Å²) in [5.41, 5.74) is -0.457. The third-order valence-electron chi connectivity index (χ3n) is 4.55. The molecule has 0 aliphatic heterocycles. The summed E-state index contributed by atoms with van der Waals surface area (Å²) in [6.45, 7) is 9.03. The van der Waals surface area contributed by atoms with Gasteiger partial charge in [-0.05, 0) is 52.0 Å². The Kier molecular flexibility index (Phi) is 6.49. The van der Waals surface area contributed by atoms with Gasteiger partial charge < -0.3 is 29.3 Å². The molecule has 0 saturated carbocycles. The molecule has 3 aromatic rings. The number of nitrogens with zero attached hydrogens (tertiary/aromatic N) is 1. The quantitative estimate of drug-likeness (QED) is 0.392. The van der Waals surface area contributed by atoms with Gasteiger partial charge in [0, 0.05) is 11.9 Å². The van der Waals surface area contributed by atoms with E-state index >= 15 is 0 Å². The molecule has 0 aliphatic rings. The van der Waals surface area contributed by atoms with Crippen LogP contribution in [-0.4, -0.2) is 30.8 Å². The largest absolute Gasteiger partial charge is 0.490 e. The van der Waals surface area contributed by atoms with Crippen molar-refractivity contribution in [1.82, 2.24) is 10.6 Å². The van der Waals surface area contributed by atoms with Gasteiger partial charge in [-0.2, -0.15) is 0 Å². The molecule has 2 heterocycles. The number of aliphatic hydroxyl groups is 1. The zero-order chi connectivity index (χ0) is 20.9. The normalized spacial score (nSPS) is 15.1. The van der Waals surface area contributed by atoms with Crippen LogP contribution in [0, 0.1) is 0 Å². The highest BCUT2D eigenvalue weighted by molar-refractivity contribution is 5.84. The molecule has 0 bridgehead atoms. The molecule has 1 aromatic carbocycles. The predicted molar refractivity (Wildman–Crippen MR) is 113 cm³/mol. The van der Waals surface area contributed by atoms with Gasteiger partial charge in [-0.1, -0.05) is 12.1 Å². The van der Waals surface area contributed by atoms with Gasteiger partial charge in [0.25, 0.3) is 0 Å². The van der Waals surface area contributed by atoms with Crippen molar-refractivity contribution in [2.45, 2.75) is 39.3 Å². The molecule has 7 nitrogen and oxygen atoms in total. The van der Waals surface area contributed by atoms with E-state index in [1.165, 1.54) is 6.26 Å². The molecule has 0 amide bonds. The molecule has 0 aliphatic carbocycles. The average Bonchev–Trinajstić information content (AvgIpc) is 3.37. The minimum Gasteiger partial charge on any atom is -0.490 e. The zero-order valence-electron chi connectivity index (χ0n) is 17.4. The molecule has 2 aromatic heterocycles. The number of guanidine groups is 1. The Morgan fingerprint density at radius 3 is 2.79 bits per heavy atom. The molecule has 3 rings (SSSR count). The van der Waals surface area contributed by atoms with E-state index in [1.54, 1.807) is 19.1 Å². The van der Waals surface area contributed by atoms with Gasteiger partial charge in [-0.3, -0.25) is 0 Å². The summed E-state index contributed by atoms with van der Waals surface area (Å²) in [4.78, 5) is 4.53. The number of ether oxygens (including phenoxy) is 1. The summed E-state index contributed by atoms with van der Waals surface area (Å²) in [6, 6.07) is 11.2. The van der Waals surface area contributed by atoms with E-state index in [1.807, 2.05) is 45.0 Å². The lowest BCUT2D eigenvalue weighted by Crippen LogP contribution is -2.40. The molecule has 0 fully saturated rings. The second-order valence-electron chi connectivity index (χ2n) is 7.07. The maximum absolute atomic E-state index is 10.6. The van der Waals surface area contributed by atoms with Crippen LogP contribution in [-0.2, 0) is 5.60 Å². The van der Waals surface area contributed by atoms with Crippen molar-refractivity contribution in [3.63, 3.8) is 0 Å². The SMILES string of the molecule is CCNC(=NCC(C)(O)c1ccco1)NC(C)c1cc2cccc(OCC)c2o1. The highest BCUT2D eigenvalue weighted by Crippen LogP contribution is 2.31. The summed E-state index contributed by atoms with van der Waals surface area (Å²) in [6.07, 6.45) is 1.54. The lowest BCUT2D eigenvalue weighted by Gasteiger charge is -2.21. The minimum absolute atomic E-state index is 0.136. The highest BCUT2D eigenvalue weighted by Gasteiger charge is 2.26. The average molecular weight is 399 g/mol. The van der Waals surface area contributed by atoms with Crippen molar-refractivity contribution in [2.75, 3.05) is 19.7 Å². The van der Waals surface area contributed by atoms with Gasteiger partial charge in [0.05, 0.1) is 25.5 Å². The monoisotopic (exact) mass is 399 g/mol. The van der Waals surface area contributed by atoms with Gasteiger partial charge in [-0.25, -0.2) is 4.99 Å². The van der Waals surface area contributed by atoms with E-state index in [9.17, 15) is 5.11 Å². The van der Waals surface area contributed by atoms with Crippen LogP contribution >= 0.6 is 0 Å². The Balaban J connectivity index is 1.76. The molecule has 2 atom stereocenters. The van der Waals surface area contributed by atoms with Crippen molar-refractivity contribution < 1.29 is 18.7 Å². The van der Waals surface area contributed by atoms with E-state index in [2.05, 4.69) is 15.6 Å². The zero-order valence-corrected chi connectivity index (χ0v) is 17.4. The first-order valence-electron chi connectivity index (χ1n) is 9.91. The van der Waals surface area contributed by atoms with Crippen LogP contribution in [0.15, 0.2) is 56.5 Å². The lowest BCUT2D eigenvalue weighted by molar-refractivity contribution is 0.0436. The molecule has 3 N–H and O–H groups in total. The Morgan fingerprint density at radius 1 is 1.28 bits per heavy atom. The number of para-hydroxylation sites is 1. The summed E-state index contributed by atoms with van der Waals surface area (Å²) in [5.74, 6) is 2.57. The first-order valence-corrected chi connectivity index (χ1v) is 9.91. The lowest BCUT2D eigenvalue weighted by atomic mass is 10.0. The highest BCUT2D eigenvalue weighted by atomic mass is 16.5. The van der Waals surface area contributed by atoms with Crippen molar-refractivity contribution >= 4 is 16.9 Å². The van der Waals surface area contributed by atoms with Gasteiger partial charge in [0.2, 0.25) is 0 Å². The predicted octanol–water partition coefficient (Wildman–Crippen LogP) is 3.95. The minimum atomic E-state index is -1.19. The molecule has 156 valence electrons. The second kappa shape index (κ2) is 9.05. The molecule has 7 heteroatoms. The van der Waals surface area contributed by atoms with Crippen molar-refractivity contribution in [3.05, 3.63) is 54.2 Å². The van der Waals surface area contributed by atoms with Crippen molar-refractivity contribution in [2.24, 2.45) is 4.99 Å². The van der Waals surface area contributed by atoms with Crippen LogP contribution in [0.2, 0.25) is 0 Å². The fraction of sp³-hybridized carbons (Fsp3) is 0.409. The number of hydrogen-bond donors (Lipinski definition) is 3. The van der Waals surface area contributed by atoms with E-state index in [-0.39, 0.29) is 12.6 Å². The molecule has 29 heavy (non-hydrogen) atoms. The Labute approximate surface area is 170 Å². The van der Waals surface area contributed by atoms with E-state index < -0.39 is 5.60 Å². The third-order valence-corrected chi connectivity index (χ3v) is 4.55. The summed E-state index contributed by atoms with van der Waals surface area (Å²) in [7, 11) is 0. The number of hydrogen-bond acceptors (Lipinski definition) is 5. The summed E-state index contributed by atoms with van der Waals surface area (Å²) < 4.78 is 17.0. The molecule has 2 unspecified atom stereocenters. The Morgan fingerprint density at radius 2 is 2.10 bits per heavy atom. The first kappa shape index (κ1) is 20.8. The van der Waals surface area contributed by atoms with Gasteiger partial charge in [0.1, 0.15) is 17.1 Å². The molecular formula is C22H29N3O4. The Hall–Kier alpha value is -2.93. The summed E-state index contributed by atoms with van der Waals surface area (Å²) in [5, 5.41) is 18.1. The number of furan rings is 2. The van der Waals surface area contributed by atoms with Crippen LogP contribution in [0.5, 0.6) is 5.75 Å². The number of benzene rings is 1. The van der Waals surface area contributed by atoms with Crippen LogP contribution in [0.4, 0.5) is 0 Å². The molecular weight excluding hydrogens is 370 g/mol.